The smallest absolute Gasteiger partial charge is 0.180 e. The van der Waals surface area contributed by atoms with Crippen LogP contribution in [0.2, 0.25) is 5.02 Å². The zero-order valence-electron chi connectivity index (χ0n) is 6.67. The monoisotopic (exact) mass is 220 g/mol. The second-order valence-corrected chi connectivity index (χ2v) is 3.12. The Hall–Kier alpha value is -0.740. The Bertz CT molecular complexity index is 354. The summed E-state index contributed by atoms with van der Waals surface area (Å²) in [6, 6.07) is 1.30. The second-order valence-electron chi connectivity index (χ2n) is 2.26. The molecule has 0 aliphatic heterocycles. The van der Waals surface area contributed by atoms with Gasteiger partial charge in [0.15, 0.2) is 17.9 Å². The Labute approximate surface area is 85.1 Å². The summed E-state index contributed by atoms with van der Waals surface area (Å²) in [6.07, 6.45) is 0.473. The van der Waals surface area contributed by atoms with Crippen LogP contribution in [0.3, 0.4) is 0 Å². The first-order chi connectivity index (χ1) is 6.11. The van der Waals surface area contributed by atoms with E-state index in [-0.39, 0.29) is 21.2 Å². The summed E-state index contributed by atoms with van der Waals surface area (Å²) < 4.78 is 18.0. The van der Waals surface area contributed by atoms with E-state index in [1.165, 1.54) is 13.2 Å². The molecule has 0 bridgehead atoms. The molecule has 0 saturated heterocycles. The predicted molar refractivity (Wildman–Crippen MR) is 50.6 cm³/mol. The van der Waals surface area contributed by atoms with Crippen molar-refractivity contribution in [3.05, 3.63) is 22.5 Å². The van der Waals surface area contributed by atoms with Crippen molar-refractivity contribution in [1.82, 2.24) is 0 Å². The fraction of sp³-hybridized carbons (Fsp3) is 0.125. The second kappa shape index (κ2) is 3.98. The highest BCUT2D eigenvalue weighted by Gasteiger charge is 2.15. The van der Waals surface area contributed by atoms with Crippen LogP contribution in [0.5, 0.6) is 5.75 Å². The van der Waals surface area contributed by atoms with E-state index in [1.807, 2.05) is 0 Å². The molecule has 0 radical (unpaired) electrons. The topological polar surface area (TPSA) is 26.3 Å². The summed E-state index contributed by atoms with van der Waals surface area (Å²) in [5, 5.41) is 0.0868. The molecule has 0 heterocycles. The van der Waals surface area contributed by atoms with Crippen LogP contribution in [0.15, 0.2) is 11.0 Å². The van der Waals surface area contributed by atoms with E-state index < -0.39 is 5.82 Å². The van der Waals surface area contributed by atoms with Crippen LogP contribution in [0.4, 0.5) is 4.39 Å². The highest BCUT2D eigenvalue weighted by molar-refractivity contribution is 7.80. The third-order valence-electron chi connectivity index (χ3n) is 1.51. The molecule has 0 aliphatic rings. The summed E-state index contributed by atoms with van der Waals surface area (Å²) in [6.45, 7) is 0. The number of thiol groups is 1. The van der Waals surface area contributed by atoms with Crippen molar-refractivity contribution in [3.63, 3.8) is 0 Å². The third kappa shape index (κ3) is 1.78. The van der Waals surface area contributed by atoms with Crippen LogP contribution < -0.4 is 4.74 Å². The van der Waals surface area contributed by atoms with Crippen LogP contribution in [0.1, 0.15) is 10.4 Å². The van der Waals surface area contributed by atoms with Crippen LogP contribution in [0.25, 0.3) is 0 Å². The lowest BCUT2D eigenvalue weighted by Gasteiger charge is -2.07. The first-order valence-corrected chi connectivity index (χ1v) is 4.14. The molecule has 0 aliphatic carbocycles. The maximum Gasteiger partial charge on any atom is 0.180 e. The van der Waals surface area contributed by atoms with Gasteiger partial charge in [-0.15, -0.1) is 12.6 Å². The van der Waals surface area contributed by atoms with Crippen LogP contribution in [-0.2, 0) is 0 Å². The van der Waals surface area contributed by atoms with Crippen molar-refractivity contribution in [2.45, 2.75) is 4.90 Å². The van der Waals surface area contributed by atoms with E-state index in [0.29, 0.717) is 6.29 Å². The summed E-state index contributed by atoms with van der Waals surface area (Å²) >= 11 is 9.41. The fourth-order valence-corrected chi connectivity index (χ4v) is 1.27. The minimum Gasteiger partial charge on any atom is -0.493 e. The summed E-state index contributed by atoms with van der Waals surface area (Å²) in [4.78, 5) is 10.4. The van der Waals surface area contributed by atoms with Crippen LogP contribution >= 0.6 is 24.2 Å². The van der Waals surface area contributed by atoms with Crippen molar-refractivity contribution < 1.29 is 13.9 Å². The zero-order valence-corrected chi connectivity index (χ0v) is 8.32. The summed E-state index contributed by atoms with van der Waals surface area (Å²) in [7, 11) is 1.27. The van der Waals surface area contributed by atoms with E-state index in [9.17, 15) is 9.18 Å². The molecule has 0 atom stereocenters. The SMILES string of the molecule is COc1c(C=O)cc(Cl)c(S)c1F. The molecule has 0 fully saturated rings. The maximum absolute atomic E-state index is 13.3. The highest BCUT2D eigenvalue weighted by atomic mass is 35.5. The quantitative estimate of drug-likeness (QED) is 0.613. The van der Waals surface area contributed by atoms with Gasteiger partial charge in [-0.05, 0) is 6.07 Å². The average Bonchev–Trinajstić information content (AvgIpc) is 2.13. The number of methoxy groups -OCH3 is 1. The van der Waals surface area contributed by atoms with Crippen molar-refractivity contribution in [1.29, 1.82) is 0 Å². The van der Waals surface area contributed by atoms with Crippen LogP contribution in [0, 0.1) is 5.82 Å². The molecular formula is C8H6ClFO2S. The van der Waals surface area contributed by atoms with Crippen molar-refractivity contribution in [3.8, 4) is 5.75 Å². The third-order valence-corrected chi connectivity index (χ3v) is 2.38. The largest absolute Gasteiger partial charge is 0.493 e. The number of carbonyl (C=O) groups is 1. The van der Waals surface area contributed by atoms with E-state index in [4.69, 9.17) is 11.6 Å². The maximum atomic E-state index is 13.3. The normalized spacial score (nSPS) is 9.85. The molecule has 0 saturated carbocycles. The highest BCUT2D eigenvalue weighted by Crippen LogP contribution is 2.32. The number of halogens is 2. The number of hydrogen-bond donors (Lipinski definition) is 1. The molecule has 5 heteroatoms. The van der Waals surface area contributed by atoms with Crippen LogP contribution in [-0.4, -0.2) is 13.4 Å². The van der Waals surface area contributed by atoms with Gasteiger partial charge in [0.1, 0.15) is 0 Å². The standard InChI is InChI=1S/C8H6ClFO2S/c1-12-7-4(3-11)2-5(9)8(13)6(7)10/h2-3,13H,1H3. The van der Waals surface area contributed by atoms with Gasteiger partial charge in [-0.3, -0.25) is 4.79 Å². The van der Waals surface area contributed by atoms with Gasteiger partial charge in [-0.2, -0.15) is 0 Å². The average molecular weight is 221 g/mol. The Morgan fingerprint density at radius 1 is 1.69 bits per heavy atom. The number of hydrogen-bond acceptors (Lipinski definition) is 3. The van der Waals surface area contributed by atoms with Gasteiger partial charge in [0.25, 0.3) is 0 Å². The predicted octanol–water partition coefficient (Wildman–Crippen LogP) is 2.59. The number of carbonyl (C=O) groups excluding carboxylic acids is 1. The summed E-state index contributed by atoms with van der Waals surface area (Å²) in [5.41, 5.74) is 0.0720. The molecule has 2 nitrogen and oxygen atoms in total. The Morgan fingerprint density at radius 3 is 2.77 bits per heavy atom. The summed E-state index contributed by atoms with van der Waals surface area (Å²) in [5.74, 6) is -0.857. The lowest BCUT2D eigenvalue weighted by atomic mass is 10.2. The number of ether oxygens (including phenoxy) is 1. The Kier molecular flexibility index (Phi) is 3.17. The van der Waals surface area contributed by atoms with E-state index >= 15 is 0 Å². The Morgan fingerprint density at radius 2 is 2.31 bits per heavy atom. The lowest BCUT2D eigenvalue weighted by molar-refractivity contribution is 0.111. The minimum absolute atomic E-state index is 0.0240. The minimum atomic E-state index is -0.722. The first-order valence-electron chi connectivity index (χ1n) is 3.32. The lowest BCUT2D eigenvalue weighted by Crippen LogP contribution is -1.96. The molecule has 0 aromatic heterocycles. The molecule has 0 spiro atoms. The molecule has 0 amide bonds. The molecule has 1 aromatic carbocycles. The molecule has 1 rings (SSSR count). The van der Waals surface area contributed by atoms with Gasteiger partial charge in [-0.25, -0.2) is 4.39 Å². The fourth-order valence-electron chi connectivity index (χ4n) is 0.905. The van der Waals surface area contributed by atoms with Gasteiger partial charge < -0.3 is 4.74 Å². The zero-order chi connectivity index (χ0) is 10.0. The molecule has 70 valence electrons. The van der Waals surface area contributed by atoms with Crippen molar-refractivity contribution in [2.75, 3.05) is 7.11 Å². The van der Waals surface area contributed by atoms with Gasteiger partial charge in [0, 0.05) is 0 Å². The van der Waals surface area contributed by atoms with E-state index in [0.717, 1.165) is 0 Å². The van der Waals surface area contributed by atoms with Gasteiger partial charge in [0.2, 0.25) is 0 Å². The molecule has 13 heavy (non-hydrogen) atoms. The van der Waals surface area contributed by atoms with Gasteiger partial charge in [-0.1, -0.05) is 11.6 Å². The van der Waals surface area contributed by atoms with Crippen molar-refractivity contribution in [2.24, 2.45) is 0 Å². The van der Waals surface area contributed by atoms with Gasteiger partial charge in [0.05, 0.1) is 22.6 Å². The van der Waals surface area contributed by atoms with E-state index in [1.54, 1.807) is 0 Å². The first kappa shape index (κ1) is 10.3. The molecule has 0 unspecified atom stereocenters. The number of aldehydes is 1. The van der Waals surface area contributed by atoms with Crippen molar-refractivity contribution >= 4 is 30.5 Å². The molecular weight excluding hydrogens is 215 g/mol. The molecule has 1 aromatic rings. The Balaban J connectivity index is 3.47. The number of benzene rings is 1. The van der Waals surface area contributed by atoms with E-state index in [2.05, 4.69) is 17.4 Å². The molecule has 0 N–H and O–H groups in total. The number of rotatable bonds is 2. The van der Waals surface area contributed by atoms with Gasteiger partial charge >= 0.3 is 0 Å².